The van der Waals surface area contributed by atoms with E-state index in [1.54, 1.807) is 0 Å². The Morgan fingerprint density at radius 3 is 2.87 bits per heavy atom. The van der Waals surface area contributed by atoms with E-state index in [2.05, 4.69) is 18.8 Å². The van der Waals surface area contributed by atoms with Crippen molar-refractivity contribution < 1.29 is 9.90 Å². The van der Waals surface area contributed by atoms with Crippen LogP contribution in [0.1, 0.15) is 32.6 Å². The number of carbonyl (C=O) groups is 1. The first-order valence-electron chi connectivity index (χ1n) is 5.71. The molecule has 1 aliphatic rings. The summed E-state index contributed by atoms with van der Waals surface area (Å²) in [5.74, 6) is 0.642. The molecule has 86 valence electrons. The highest BCUT2D eigenvalue weighted by Crippen LogP contribution is 2.27. The zero-order valence-corrected chi connectivity index (χ0v) is 9.46. The monoisotopic (exact) mass is 211 g/mol. The van der Waals surface area contributed by atoms with E-state index in [9.17, 15) is 4.79 Å². The topological polar surface area (TPSA) is 49.3 Å². The molecule has 0 aliphatic heterocycles. The fraction of sp³-hybridized carbons (Fsp3) is 0.750. The molecule has 15 heavy (non-hydrogen) atoms. The second-order valence-electron chi connectivity index (χ2n) is 4.68. The highest BCUT2D eigenvalue weighted by molar-refractivity contribution is 5.86. The number of carboxylic acids is 1. The maximum absolute atomic E-state index is 10.5. The normalized spacial score (nSPS) is 26.2. The lowest BCUT2D eigenvalue weighted by Crippen LogP contribution is -2.29. The maximum atomic E-state index is 10.5. The Hall–Kier alpha value is -0.830. The predicted molar refractivity (Wildman–Crippen MR) is 60.8 cm³/mol. The Morgan fingerprint density at radius 1 is 1.53 bits per heavy atom. The van der Waals surface area contributed by atoms with Crippen LogP contribution in [0, 0.1) is 11.8 Å². The van der Waals surface area contributed by atoms with Gasteiger partial charge >= 0.3 is 5.97 Å². The molecular formula is C12H21NO2. The van der Waals surface area contributed by atoms with Gasteiger partial charge in [0.1, 0.15) is 0 Å². The van der Waals surface area contributed by atoms with Crippen LogP contribution < -0.4 is 5.32 Å². The molecule has 1 aliphatic carbocycles. The highest BCUT2D eigenvalue weighted by atomic mass is 16.4. The first-order chi connectivity index (χ1) is 7.09. The molecule has 3 heteroatoms. The quantitative estimate of drug-likeness (QED) is 0.684. The van der Waals surface area contributed by atoms with Crippen LogP contribution in [0.4, 0.5) is 0 Å². The summed E-state index contributed by atoms with van der Waals surface area (Å²) in [6.45, 7) is 7.11. The van der Waals surface area contributed by atoms with Crippen LogP contribution in [0.3, 0.4) is 0 Å². The third-order valence-electron chi connectivity index (χ3n) is 3.12. The first-order valence-corrected chi connectivity index (χ1v) is 5.71. The molecule has 2 atom stereocenters. The lowest BCUT2D eigenvalue weighted by molar-refractivity contribution is -0.132. The molecule has 0 spiro atoms. The molecule has 0 aromatic heterocycles. The first kappa shape index (κ1) is 12.2. The van der Waals surface area contributed by atoms with E-state index >= 15 is 0 Å². The lowest BCUT2D eigenvalue weighted by Gasteiger charge is -2.26. The number of aliphatic carboxylic acids is 1. The Balaban J connectivity index is 2.14. The van der Waals surface area contributed by atoms with Gasteiger partial charge in [0.2, 0.25) is 0 Å². The van der Waals surface area contributed by atoms with Crippen LogP contribution in [0.2, 0.25) is 0 Å². The predicted octanol–water partition coefficient (Wildman–Crippen LogP) is 2.04. The molecule has 0 aromatic carbocycles. The molecule has 0 amide bonds. The summed E-state index contributed by atoms with van der Waals surface area (Å²) in [5, 5.41) is 11.8. The molecule has 1 fully saturated rings. The van der Waals surface area contributed by atoms with Gasteiger partial charge in [0.25, 0.3) is 0 Å². The Labute approximate surface area is 91.6 Å². The largest absolute Gasteiger partial charge is 0.478 e. The van der Waals surface area contributed by atoms with E-state index in [0.717, 1.165) is 18.4 Å². The van der Waals surface area contributed by atoms with Gasteiger partial charge in [-0.25, -0.2) is 4.79 Å². The molecule has 0 radical (unpaired) electrons. The molecule has 3 nitrogen and oxygen atoms in total. The minimum Gasteiger partial charge on any atom is -0.478 e. The molecule has 0 aromatic rings. The average molecular weight is 211 g/mol. The molecule has 1 saturated carbocycles. The summed E-state index contributed by atoms with van der Waals surface area (Å²) in [5.41, 5.74) is 0.249. The van der Waals surface area contributed by atoms with Crippen molar-refractivity contribution in [2.75, 3.05) is 13.1 Å². The number of carboxylic acid groups (broad SMARTS) is 1. The standard InChI is InChI=1S/C12H21NO2/c1-9-4-3-5-11(6-9)8-13-7-10(2)12(14)15/h9,11,13H,2-8H2,1H3,(H,14,15). The van der Waals surface area contributed by atoms with E-state index in [0.29, 0.717) is 6.54 Å². The van der Waals surface area contributed by atoms with Gasteiger partial charge in [-0.3, -0.25) is 0 Å². The van der Waals surface area contributed by atoms with E-state index in [4.69, 9.17) is 5.11 Å². The summed E-state index contributed by atoms with van der Waals surface area (Å²) >= 11 is 0. The fourth-order valence-corrected chi connectivity index (χ4v) is 2.25. The highest BCUT2D eigenvalue weighted by Gasteiger charge is 2.18. The van der Waals surface area contributed by atoms with Crippen molar-refractivity contribution in [1.29, 1.82) is 0 Å². The zero-order valence-electron chi connectivity index (χ0n) is 9.46. The summed E-state index contributed by atoms with van der Waals surface area (Å²) < 4.78 is 0. The number of nitrogens with one attached hydrogen (secondary N) is 1. The number of hydrogen-bond acceptors (Lipinski definition) is 2. The van der Waals surface area contributed by atoms with E-state index in [-0.39, 0.29) is 5.57 Å². The fourth-order valence-electron chi connectivity index (χ4n) is 2.25. The van der Waals surface area contributed by atoms with Crippen molar-refractivity contribution in [2.24, 2.45) is 11.8 Å². The van der Waals surface area contributed by atoms with Gasteiger partial charge in [-0.15, -0.1) is 0 Å². The van der Waals surface area contributed by atoms with Crippen molar-refractivity contribution in [2.45, 2.75) is 32.6 Å². The molecular weight excluding hydrogens is 190 g/mol. The van der Waals surface area contributed by atoms with Crippen LogP contribution in [0.5, 0.6) is 0 Å². The molecule has 0 bridgehead atoms. The SMILES string of the molecule is C=C(CNCC1CCCC(C)C1)C(=O)O. The van der Waals surface area contributed by atoms with Crippen LogP contribution in [0.25, 0.3) is 0 Å². The summed E-state index contributed by atoms with van der Waals surface area (Å²) in [7, 11) is 0. The van der Waals surface area contributed by atoms with Gasteiger partial charge in [-0.05, 0) is 31.2 Å². The van der Waals surface area contributed by atoms with Gasteiger partial charge in [0, 0.05) is 12.1 Å². The molecule has 2 unspecified atom stereocenters. The Kier molecular flexibility index (Phi) is 4.82. The van der Waals surface area contributed by atoms with Crippen molar-refractivity contribution in [3.63, 3.8) is 0 Å². The average Bonchev–Trinajstić information content (AvgIpc) is 2.17. The van der Waals surface area contributed by atoms with Crippen molar-refractivity contribution in [3.8, 4) is 0 Å². The zero-order chi connectivity index (χ0) is 11.3. The van der Waals surface area contributed by atoms with Gasteiger partial charge in [0.05, 0.1) is 0 Å². The molecule has 1 rings (SSSR count). The second-order valence-corrected chi connectivity index (χ2v) is 4.68. The number of rotatable bonds is 5. The van der Waals surface area contributed by atoms with Gasteiger partial charge < -0.3 is 10.4 Å². The van der Waals surface area contributed by atoms with Crippen molar-refractivity contribution >= 4 is 5.97 Å². The van der Waals surface area contributed by atoms with E-state index in [1.165, 1.54) is 25.7 Å². The summed E-state index contributed by atoms with van der Waals surface area (Å²) in [6, 6.07) is 0. The van der Waals surface area contributed by atoms with E-state index < -0.39 is 5.97 Å². The Bertz CT molecular complexity index is 238. The lowest BCUT2D eigenvalue weighted by atomic mass is 9.82. The van der Waals surface area contributed by atoms with Gasteiger partial charge in [0.15, 0.2) is 0 Å². The van der Waals surface area contributed by atoms with E-state index in [1.807, 2.05) is 0 Å². The minimum absolute atomic E-state index is 0.249. The van der Waals surface area contributed by atoms with Gasteiger partial charge in [-0.2, -0.15) is 0 Å². The molecule has 0 heterocycles. The molecule has 2 N–H and O–H groups in total. The van der Waals surface area contributed by atoms with Gasteiger partial charge in [-0.1, -0.05) is 26.3 Å². The molecule has 0 saturated heterocycles. The maximum Gasteiger partial charge on any atom is 0.332 e. The van der Waals surface area contributed by atoms with Crippen molar-refractivity contribution in [1.82, 2.24) is 5.32 Å². The smallest absolute Gasteiger partial charge is 0.332 e. The summed E-state index contributed by atoms with van der Waals surface area (Å²) in [4.78, 5) is 10.5. The Morgan fingerprint density at radius 2 is 2.27 bits per heavy atom. The van der Waals surface area contributed by atoms with Crippen LogP contribution in [0.15, 0.2) is 12.2 Å². The second kappa shape index (κ2) is 5.91. The van der Waals surface area contributed by atoms with Crippen molar-refractivity contribution in [3.05, 3.63) is 12.2 Å². The van der Waals surface area contributed by atoms with Crippen LogP contribution in [-0.4, -0.2) is 24.2 Å². The van der Waals surface area contributed by atoms with Crippen LogP contribution in [-0.2, 0) is 4.79 Å². The third kappa shape index (κ3) is 4.47. The number of hydrogen-bond donors (Lipinski definition) is 2. The van der Waals surface area contributed by atoms with Crippen LogP contribution >= 0.6 is 0 Å². The third-order valence-corrected chi connectivity index (χ3v) is 3.12. The minimum atomic E-state index is -0.903. The summed E-state index contributed by atoms with van der Waals surface area (Å²) in [6.07, 6.45) is 5.20.